The van der Waals surface area contributed by atoms with Crippen LogP contribution in [0.2, 0.25) is 0 Å². The molecule has 0 fully saturated rings. The molecule has 3 heteroatoms. The highest BCUT2D eigenvalue weighted by atomic mass is 32.1. The van der Waals surface area contributed by atoms with Gasteiger partial charge >= 0.3 is 0 Å². The van der Waals surface area contributed by atoms with Crippen LogP contribution in [-0.2, 0) is 11.2 Å². The van der Waals surface area contributed by atoms with Gasteiger partial charge in [-0.3, -0.25) is 4.90 Å². The number of carbonyl (C=O) groups excluding carboxylic acids is 1. The number of hydrogen-bond acceptors (Lipinski definition) is 3. The van der Waals surface area contributed by atoms with E-state index in [4.69, 9.17) is 0 Å². The third-order valence-corrected chi connectivity index (χ3v) is 3.71. The van der Waals surface area contributed by atoms with Gasteiger partial charge in [0.2, 0.25) is 0 Å². The highest BCUT2D eigenvalue weighted by Crippen LogP contribution is 2.32. The van der Waals surface area contributed by atoms with Gasteiger partial charge in [0.05, 0.1) is 6.54 Å². The van der Waals surface area contributed by atoms with E-state index in [9.17, 15) is 4.79 Å². The van der Waals surface area contributed by atoms with Crippen LogP contribution in [0.25, 0.3) is 0 Å². The Kier molecular flexibility index (Phi) is 2.47. The Morgan fingerprint density at radius 2 is 2.62 bits per heavy atom. The molecule has 1 unspecified atom stereocenters. The Bertz CT molecular complexity index is 308. The lowest BCUT2D eigenvalue weighted by Crippen LogP contribution is -2.34. The minimum atomic E-state index is 0.417. The molecule has 0 aromatic carbocycles. The van der Waals surface area contributed by atoms with Crippen LogP contribution in [-0.4, -0.2) is 24.3 Å². The van der Waals surface area contributed by atoms with Crippen LogP contribution >= 0.6 is 11.3 Å². The molecular formula is C10H13NOS. The second kappa shape index (κ2) is 3.60. The Balaban J connectivity index is 2.21. The third kappa shape index (κ3) is 1.54. The summed E-state index contributed by atoms with van der Waals surface area (Å²) < 4.78 is 0. The van der Waals surface area contributed by atoms with E-state index >= 15 is 0 Å². The summed E-state index contributed by atoms with van der Waals surface area (Å²) in [4.78, 5) is 14.1. The first-order valence-corrected chi connectivity index (χ1v) is 5.45. The standard InChI is InChI=1S/C10H13NOS/c1-8-9-3-7-13-10(9)2-4-11(8)5-6-12/h3,6-8H,2,4-5H2,1H3. The molecule has 70 valence electrons. The van der Waals surface area contributed by atoms with Crippen molar-refractivity contribution in [3.63, 3.8) is 0 Å². The van der Waals surface area contributed by atoms with Crippen LogP contribution in [0.15, 0.2) is 11.4 Å². The lowest BCUT2D eigenvalue weighted by atomic mass is 10.0. The number of hydrogen-bond donors (Lipinski definition) is 0. The molecule has 0 saturated heterocycles. The predicted molar refractivity (Wildman–Crippen MR) is 54.1 cm³/mol. The van der Waals surface area contributed by atoms with E-state index in [-0.39, 0.29) is 0 Å². The maximum Gasteiger partial charge on any atom is 0.134 e. The predicted octanol–water partition coefficient (Wildman–Crippen LogP) is 1.87. The molecule has 13 heavy (non-hydrogen) atoms. The quantitative estimate of drug-likeness (QED) is 0.671. The first-order chi connectivity index (χ1) is 6.33. The van der Waals surface area contributed by atoms with Crippen molar-refractivity contribution in [3.8, 4) is 0 Å². The van der Waals surface area contributed by atoms with Crippen molar-refractivity contribution >= 4 is 17.6 Å². The van der Waals surface area contributed by atoms with E-state index in [1.54, 1.807) is 0 Å². The number of thiophene rings is 1. The van der Waals surface area contributed by atoms with Gasteiger partial charge in [-0.15, -0.1) is 11.3 Å². The monoisotopic (exact) mass is 195 g/mol. The maximum absolute atomic E-state index is 10.4. The number of rotatable bonds is 2. The summed E-state index contributed by atoms with van der Waals surface area (Å²) in [5.74, 6) is 0. The van der Waals surface area contributed by atoms with E-state index in [0.29, 0.717) is 12.6 Å². The van der Waals surface area contributed by atoms with Crippen LogP contribution in [0.1, 0.15) is 23.4 Å². The second-order valence-electron chi connectivity index (χ2n) is 3.39. The topological polar surface area (TPSA) is 20.3 Å². The summed E-state index contributed by atoms with van der Waals surface area (Å²) in [5, 5.41) is 2.14. The Hall–Kier alpha value is -0.670. The SMILES string of the molecule is CC1c2ccsc2CCN1CC=O. The Morgan fingerprint density at radius 1 is 1.77 bits per heavy atom. The van der Waals surface area contributed by atoms with Crippen molar-refractivity contribution in [2.24, 2.45) is 0 Å². The van der Waals surface area contributed by atoms with Crippen molar-refractivity contribution in [2.45, 2.75) is 19.4 Å². The number of fused-ring (bicyclic) bond motifs is 1. The molecule has 0 bridgehead atoms. The van der Waals surface area contributed by atoms with Gasteiger partial charge in [0.25, 0.3) is 0 Å². The summed E-state index contributed by atoms with van der Waals surface area (Å²) in [6, 6.07) is 2.60. The molecule has 2 rings (SSSR count). The molecule has 0 spiro atoms. The van der Waals surface area contributed by atoms with Crippen LogP contribution in [0.4, 0.5) is 0 Å². The van der Waals surface area contributed by atoms with Gasteiger partial charge in [-0.1, -0.05) is 0 Å². The lowest BCUT2D eigenvalue weighted by molar-refractivity contribution is -0.109. The molecule has 0 saturated carbocycles. The molecule has 0 radical (unpaired) electrons. The molecule has 1 aliphatic heterocycles. The highest BCUT2D eigenvalue weighted by Gasteiger charge is 2.23. The first kappa shape index (κ1) is 8.91. The average molecular weight is 195 g/mol. The van der Waals surface area contributed by atoms with E-state index in [0.717, 1.165) is 19.3 Å². The van der Waals surface area contributed by atoms with Crippen molar-refractivity contribution in [1.82, 2.24) is 4.90 Å². The van der Waals surface area contributed by atoms with Crippen molar-refractivity contribution in [2.75, 3.05) is 13.1 Å². The van der Waals surface area contributed by atoms with Gasteiger partial charge in [0.1, 0.15) is 6.29 Å². The maximum atomic E-state index is 10.4. The minimum absolute atomic E-state index is 0.417. The first-order valence-electron chi connectivity index (χ1n) is 4.57. The molecule has 1 aliphatic rings. The van der Waals surface area contributed by atoms with Gasteiger partial charge < -0.3 is 4.79 Å². The van der Waals surface area contributed by atoms with Gasteiger partial charge in [0, 0.05) is 17.5 Å². The zero-order valence-electron chi connectivity index (χ0n) is 7.69. The Labute approximate surface area is 82.2 Å². The molecule has 1 atom stereocenters. The van der Waals surface area contributed by atoms with Gasteiger partial charge in [-0.2, -0.15) is 0 Å². The van der Waals surface area contributed by atoms with Gasteiger partial charge in [0.15, 0.2) is 0 Å². The zero-order valence-corrected chi connectivity index (χ0v) is 8.51. The third-order valence-electron chi connectivity index (χ3n) is 2.71. The Morgan fingerprint density at radius 3 is 3.38 bits per heavy atom. The van der Waals surface area contributed by atoms with Crippen molar-refractivity contribution in [3.05, 3.63) is 21.9 Å². The summed E-state index contributed by atoms with van der Waals surface area (Å²) in [5.41, 5.74) is 1.41. The number of carbonyl (C=O) groups is 1. The van der Waals surface area contributed by atoms with E-state index in [2.05, 4.69) is 23.3 Å². The molecule has 1 aromatic rings. The highest BCUT2D eigenvalue weighted by molar-refractivity contribution is 7.10. The van der Waals surface area contributed by atoms with Gasteiger partial charge in [-0.25, -0.2) is 0 Å². The molecule has 2 nitrogen and oxygen atoms in total. The largest absolute Gasteiger partial charge is 0.302 e. The van der Waals surface area contributed by atoms with Crippen LogP contribution < -0.4 is 0 Å². The van der Waals surface area contributed by atoms with E-state index in [1.807, 2.05) is 11.3 Å². The zero-order chi connectivity index (χ0) is 9.26. The molecule has 1 aromatic heterocycles. The van der Waals surface area contributed by atoms with Crippen molar-refractivity contribution < 1.29 is 4.79 Å². The van der Waals surface area contributed by atoms with Crippen molar-refractivity contribution in [1.29, 1.82) is 0 Å². The minimum Gasteiger partial charge on any atom is -0.302 e. The molecule has 2 heterocycles. The number of nitrogens with zero attached hydrogens (tertiary/aromatic N) is 1. The summed E-state index contributed by atoms with van der Waals surface area (Å²) in [7, 11) is 0. The molecule has 0 aliphatic carbocycles. The summed E-state index contributed by atoms with van der Waals surface area (Å²) >= 11 is 1.83. The molecular weight excluding hydrogens is 182 g/mol. The molecule has 0 N–H and O–H groups in total. The lowest BCUT2D eigenvalue weighted by Gasteiger charge is -2.31. The number of aldehydes is 1. The average Bonchev–Trinajstić information content (AvgIpc) is 2.58. The van der Waals surface area contributed by atoms with Crippen LogP contribution in [0.5, 0.6) is 0 Å². The fourth-order valence-corrected chi connectivity index (χ4v) is 2.87. The second-order valence-corrected chi connectivity index (χ2v) is 4.39. The van der Waals surface area contributed by atoms with E-state index < -0.39 is 0 Å². The summed E-state index contributed by atoms with van der Waals surface area (Å²) in [6.45, 7) is 3.76. The van der Waals surface area contributed by atoms with E-state index in [1.165, 1.54) is 10.4 Å². The smallest absolute Gasteiger partial charge is 0.134 e. The van der Waals surface area contributed by atoms with Crippen LogP contribution in [0.3, 0.4) is 0 Å². The van der Waals surface area contributed by atoms with Crippen LogP contribution in [0, 0.1) is 0 Å². The normalized spacial score (nSPS) is 22.7. The fourth-order valence-electron chi connectivity index (χ4n) is 1.91. The molecule has 0 amide bonds. The fraction of sp³-hybridized carbons (Fsp3) is 0.500. The summed E-state index contributed by atoms with van der Waals surface area (Å²) in [6.07, 6.45) is 2.10. The van der Waals surface area contributed by atoms with Gasteiger partial charge in [-0.05, 0) is 30.4 Å².